The monoisotopic (exact) mass is 246 g/mol. The van der Waals surface area contributed by atoms with Gasteiger partial charge in [-0.2, -0.15) is 5.10 Å². The molecule has 0 fully saturated rings. The van der Waals surface area contributed by atoms with Crippen molar-refractivity contribution in [1.82, 2.24) is 5.43 Å². The van der Waals surface area contributed by atoms with Gasteiger partial charge in [-0.15, -0.1) is 11.3 Å². The molecule has 2 aromatic rings. The smallest absolute Gasteiger partial charge is 0.123 e. The Bertz CT molecular complexity index is 531. The van der Waals surface area contributed by atoms with Crippen LogP contribution in [0.5, 0.6) is 0 Å². The molecular weight excluding hydrogens is 235 g/mol. The number of nitrogens with zero attached hydrogens (tertiary/aromatic N) is 1. The highest BCUT2D eigenvalue weighted by Gasteiger charge is 2.21. The summed E-state index contributed by atoms with van der Waals surface area (Å²) in [5, 5.41) is 6.39. The number of halogens is 1. The molecule has 1 aromatic carbocycles. The molecule has 3 rings (SSSR count). The number of hydrogen-bond acceptors (Lipinski definition) is 3. The Balaban J connectivity index is 1.77. The molecule has 1 aliphatic rings. The average molecular weight is 246 g/mol. The van der Waals surface area contributed by atoms with Crippen LogP contribution in [0.1, 0.15) is 22.9 Å². The summed E-state index contributed by atoms with van der Waals surface area (Å²) >= 11 is 1.72. The predicted molar refractivity (Wildman–Crippen MR) is 67.7 cm³/mol. The molecule has 1 N–H and O–H groups in total. The van der Waals surface area contributed by atoms with Crippen LogP contribution in [0, 0.1) is 5.82 Å². The van der Waals surface area contributed by atoms with E-state index in [1.54, 1.807) is 23.5 Å². The van der Waals surface area contributed by atoms with Crippen molar-refractivity contribution in [3.8, 4) is 0 Å². The van der Waals surface area contributed by atoms with Gasteiger partial charge >= 0.3 is 0 Å². The standard InChI is InChI=1S/C13H11FN2S/c14-10-5-3-9(4-6-10)11-8-12(16-15-11)13-2-1-7-17-13/h1-7,12,16H,8H2. The van der Waals surface area contributed by atoms with Gasteiger partial charge in [-0.05, 0) is 29.1 Å². The van der Waals surface area contributed by atoms with E-state index in [0.717, 1.165) is 17.7 Å². The van der Waals surface area contributed by atoms with E-state index in [2.05, 4.69) is 22.0 Å². The van der Waals surface area contributed by atoms with E-state index in [1.165, 1.54) is 17.0 Å². The Morgan fingerprint density at radius 1 is 1.24 bits per heavy atom. The zero-order chi connectivity index (χ0) is 11.7. The van der Waals surface area contributed by atoms with E-state index in [4.69, 9.17) is 0 Å². The van der Waals surface area contributed by atoms with Crippen molar-refractivity contribution in [2.24, 2.45) is 5.10 Å². The minimum absolute atomic E-state index is 0.213. The number of hydrogen-bond donors (Lipinski definition) is 1. The van der Waals surface area contributed by atoms with Crippen LogP contribution in [0.4, 0.5) is 4.39 Å². The minimum Gasteiger partial charge on any atom is -0.301 e. The second-order valence-electron chi connectivity index (χ2n) is 3.97. The Kier molecular flexibility index (Phi) is 2.65. The quantitative estimate of drug-likeness (QED) is 0.863. The Labute approximate surface area is 103 Å². The third-order valence-corrected chi connectivity index (χ3v) is 3.80. The van der Waals surface area contributed by atoms with Crippen molar-refractivity contribution in [2.45, 2.75) is 12.5 Å². The highest BCUT2D eigenvalue weighted by atomic mass is 32.1. The van der Waals surface area contributed by atoms with Gasteiger partial charge in [0.15, 0.2) is 0 Å². The first-order valence-electron chi connectivity index (χ1n) is 5.44. The maximum Gasteiger partial charge on any atom is 0.123 e. The molecule has 86 valence electrons. The topological polar surface area (TPSA) is 24.4 Å². The lowest BCUT2D eigenvalue weighted by molar-refractivity contribution is 0.627. The van der Waals surface area contributed by atoms with Crippen LogP contribution in [0.2, 0.25) is 0 Å². The van der Waals surface area contributed by atoms with Gasteiger partial charge in [0.25, 0.3) is 0 Å². The molecule has 0 amide bonds. The maximum absolute atomic E-state index is 12.8. The van der Waals surface area contributed by atoms with Crippen molar-refractivity contribution in [1.29, 1.82) is 0 Å². The molecule has 1 atom stereocenters. The van der Waals surface area contributed by atoms with Crippen molar-refractivity contribution < 1.29 is 4.39 Å². The van der Waals surface area contributed by atoms with E-state index in [1.807, 2.05) is 6.07 Å². The van der Waals surface area contributed by atoms with Gasteiger partial charge < -0.3 is 5.43 Å². The summed E-state index contributed by atoms with van der Waals surface area (Å²) in [4.78, 5) is 1.28. The van der Waals surface area contributed by atoms with Gasteiger partial charge in [-0.3, -0.25) is 0 Å². The van der Waals surface area contributed by atoms with Gasteiger partial charge in [0, 0.05) is 11.3 Å². The van der Waals surface area contributed by atoms with Gasteiger partial charge in [0.2, 0.25) is 0 Å². The average Bonchev–Trinajstić information content (AvgIpc) is 3.00. The van der Waals surface area contributed by atoms with Gasteiger partial charge in [-0.25, -0.2) is 4.39 Å². The zero-order valence-electron chi connectivity index (χ0n) is 9.06. The van der Waals surface area contributed by atoms with Crippen molar-refractivity contribution >= 4 is 17.0 Å². The van der Waals surface area contributed by atoms with Gasteiger partial charge in [0.1, 0.15) is 5.82 Å². The molecule has 1 aliphatic heterocycles. The van der Waals surface area contributed by atoms with Gasteiger partial charge in [-0.1, -0.05) is 18.2 Å². The van der Waals surface area contributed by atoms with E-state index < -0.39 is 0 Å². The maximum atomic E-state index is 12.8. The molecule has 2 heterocycles. The van der Waals surface area contributed by atoms with Crippen LogP contribution in [0.25, 0.3) is 0 Å². The second kappa shape index (κ2) is 4.30. The largest absolute Gasteiger partial charge is 0.301 e. The molecule has 0 aliphatic carbocycles. The lowest BCUT2D eigenvalue weighted by Crippen LogP contribution is -2.07. The van der Waals surface area contributed by atoms with Crippen molar-refractivity contribution in [3.05, 3.63) is 58.0 Å². The summed E-state index contributed by atoms with van der Waals surface area (Å²) in [6, 6.07) is 10.9. The molecule has 2 nitrogen and oxygen atoms in total. The lowest BCUT2D eigenvalue weighted by atomic mass is 10.0. The predicted octanol–water partition coefficient (Wildman–Crippen LogP) is 3.33. The Hall–Kier alpha value is -1.68. The van der Waals surface area contributed by atoms with Gasteiger partial charge in [0.05, 0.1) is 11.8 Å². The Morgan fingerprint density at radius 2 is 2.06 bits per heavy atom. The summed E-state index contributed by atoms with van der Waals surface area (Å²) in [5.41, 5.74) is 5.10. The fourth-order valence-corrected chi connectivity index (χ4v) is 2.69. The number of thiophene rings is 1. The Morgan fingerprint density at radius 3 is 2.76 bits per heavy atom. The van der Waals surface area contributed by atoms with E-state index in [-0.39, 0.29) is 11.9 Å². The van der Waals surface area contributed by atoms with Crippen LogP contribution in [-0.2, 0) is 0 Å². The number of nitrogens with one attached hydrogen (secondary N) is 1. The summed E-state index contributed by atoms with van der Waals surface area (Å²) in [5.74, 6) is -0.213. The van der Waals surface area contributed by atoms with Crippen LogP contribution < -0.4 is 5.43 Å². The summed E-state index contributed by atoms with van der Waals surface area (Å²) in [7, 11) is 0. The van der Waals surface area contributed by atoms with Crippen molar-refractivity contribution in [2.75, 3.05) is 0 Å². The van der Waals surface area contributed by atoms with Crippen LogP contribution in [0.15, 0.2) is 46.9 Å². The fourth-order valence-electron chi connectivity index (χ4n) is 1.92. The molecule has 17 heavy (non-hydrogen) atoms. The molecule has 1 unspecified atom stereocenters. The third-order valence-electron chi connectivity index (χ3n) is 2.82. The van der Waals surface area contributed by atoms with Crippen molar-refractivity contribution in [3.63, 3.8) is 0 Å². The first-order chi connectivity index (χ1) is 8.33. The van der Waals surface area contributed by atoms with Crippen LogP contribution in [-0.4, -0.2) is 5.71 Å². The SMILES string of the molecule is Fc1ccc(C2=NNC(c3cccs3)C2)cc1. The lowest BCUT2D eigenvalue weighted by Gasteiger charge is -2.06. The number of benzene rings is 1. The normalized spacial score (nSPS) is 18.9. The highest BCUT2D eigenvalue weighted by Crippen LogP contribution is 2.27. The summed E-state index contributed by atoms with van der Waals surface area (Å²) in [6.07, 6.45) is 0.853. The second-order valence-corrected chi connectivity index (χ2v) is 4.95. The first kappa shape index (κ1) is 10.5. The first-order valence-corrected chi connectivity index (χ1v) is 6.32. The van der Waals surface area contributed by atoms with E-state index in [0.29, 0.717) is 0 Å². The van der Waals surface area contributed by atoms with Crippen LogP contribution in [0.3, 0.4) is 0 Å². The molecule has 1 aromatic heterocycles. The number of rotatable bonds is 2. The summed E-state index contributed by atoms with van der Waals surface area (Å²) < 4.78 is 12.8. The van der Waals surface area contributed by atoms with Crippen LogP contribution >= 0.6 is 11.3 Å². The molecule has 0 saturated heterocycles. The molecule has 0 saturated carbocycles. The number of hydrazone groups is 1. The molecule has 4 heteroatoms. The van der Waals surface area contributed by atoms with E-state index in [9.17, 15) is 4.39 Å². The third kappa shape index (κ3) is 2.08. The molecule has 0 radical (unpaired) electrons. The molecule has 0 spiro atoms. The zero-order valence-corrected chi connectivity index (χ0v) is 9.88. The molecular formula is C13H11FN2S. The highest BCUT2D eigenvalue weighted by molar-refractivity contribution is 7.10. The minimum atomic E-state index is -0.213. The van der Waals surface area contributed by atoms with E-state index >= 15 is 0 Å². The molecule has 0 bridgehead atoms. The summed E-state index contributed by atoms with van der Waals surface area (Å²) in [6.45, 7) is 0. The fraction of sp³-hybridized carbons (Fsp3) is 0.154.